The van der Waals surface area contributed by atoms with Gasteiger partial charge in [-0.15, -0.1) is 0 Å². The quantitative estimate of drug-likeness (QED) is 0.749. The highest BCUT2D eigenvalue weighted by Gasteiger charge is 2.16. The van der Waals surface area contributed by atoms with Crippen LogP contribution in [0.4, 0.5) is 10.5 Å². The summed E-state index contributed by atoms with van der Waals surface area (Å²) in [5, 5.41) is 5.48. The van der Waals surface area contributed by atoms with Gasteiger partial charge in [0.25, 0.3) is 5.91 Å². The highest BCUT2D eigenvalue weighted by Crippen LogP contribution is 2.18. The molecule has 144 valence electrons. The molecule has 2 amide bonds. The maximum atomic E-state index is 12.1. The Morgan fingerprint density at radius 1 is 1.04 bits per heavy atom. The maximum absolute atomic E-state index is 12.1. The lowest BCUT2D eigenvalue weighted by Crippen LogP contribution is -2.28. The molecule has 27 heavy (non-hydrogen) atoms. The summed E-state index contributed by atoms with van der Waals surface area (Å²) in [6.07, 6.45) is -0.523. The standard InChI is InChI=1S/C21H26N2O4/c1-15-7-5-8-16(13-15)19(24)22-11-12-26-18-10-6-9-17(14-18)23-20(25)27-21(2,3)4/h5-10,13-14H,11-12H2,1-4H3,(H,22,24)(H,23,25). The molecular weight excluding hydrogens is 344 g/mol. The van der Waals surface area contributed by atoms with Crippen LogP contribution in [-0.4, -0.2) is 30.8 Å². The van der Waals surface area contributed by atoms with E-state index >= 15 is 0 Å². The fraction of sp³-hybridized carbons (Fsp3) is 0.333. The van der Waals surface area contributed by atoms with E-state index in [0.29, 0.717) is 30.2 Å². The van der Waals surface area contributed by atoms with Crippen molar-refractivity contribution >= 4 is 17.7 Å². The van der Waals surface area contributed by atoms with Crippen LogP contribution in [0.1, 0.15) is 36.7 Å². The van der Waals surface area contributed by atoms with E-state index in [4.69, 9.17) is 9.47 Å². The Labute approximate surface area is 159 Å². The average molecular weight is 370 g/mol. The molecule has 2 N–H and O–H groups in total. The van der Waals surface area contributed by atoms with Crippen LogP contribution in [0.15, 0.2) is 48.5 Å². The number of amides is 2. The monoisotopic (exact) mass is 370 g/mol. The lowest BCUT2D eigenvalue weighted by Gasteiger charge is -2.19. The lowest BCUT2D eigenvalue weighted by atomic mass is 10.1. The van der Waals surface area contributed by atoms with Crippen molar-refractivity contribution in [1.82, 2.24) is 5.32 Å². The number of anilines is 1. The Hall–Kier alpha value is -3.02. The molecule has 0 radical (unpaired) electrons. The minimum absolute atomic E-state index is 0.136. The van der Waals surface area contributed by atoms with Gasteiger partial charge in [0.15, 0.2) is 0 Å². The van der Waals surface area contributed by atoms with Crippen LogP contribution in [0, 0.1) is 6.92 Å². The zero-order valence-corrected chi connectivity index (χ0v) is 16.2. The van der Waals surface area contributed by atoms with Crippen LogP contribution in [0.3, 0.4) is 0 Å². The number of carbonyl (C=O) groups excluding carboxylic acids is 2. The molecule has 0 aliphatic heterocycles. The normalized spacial score (nSPS) is 10.8. The van der Waals surface area contributed by atoms with E-state index < -0.39 is 11.7 Å². The van der Waals surface area contributed by atoms with E-state index in [1.807, 2.05) is 25.1 Å². The van der Waals surface area contributed by atoms with E-state index in [9.17, 15) is 9.59 Å². The highest BCUT2D eigenvalue weighted by molar-refractivity contribution is 5.94. The van der Waals surface area contributed by atoms with Crippen molar-refractivity contribution in [3.8, 4) is 5.75 Å². The Kier molecular flexibility index (Phi) is 6.82. The van der Waals surface area contributed by atoms with E-state index in [0.717, 1.165) is 5.56 Å². The van der Waals surface area contributed by atoms with Gasteiger partial charge in [0.1, 0.15) is 18.0 Å². The molecule has 0 aliphatic rings. The number of benzene rings is 2. The van der Waals surface area contributed by atoms with Crippen LogP contribution in [0.5, 0.6) is 5.75 Å². The molecule has 0 atom stereocenters. The Morgan fingerprint density at radius 3 is 2.48 bits per heavy atom. The van der Waals surface area contributed by atoms with Crippen molar-refractivity contribution in [2.75, 3.05) is 18.5 Å². The molecule has 6 heteroatoms. The van der Waals surface area contributed by atoms with Crippen molar-refractivity contribution in [2.24, 2.45) is 0 Å². The fourth-order valence-corrected chi connectivity index (χ4v) is 2.31. The topological polar surface area (TPSA) is 76.7 Å². The summed E-state index contributed by atoms with van der Waals surface area (Å²) in [5.41, 5.74) is 1.67. The van der Waals surface area contributed by atoms with Crippen molar-refractivity contribution in [3.63, 3.8) is 0 Å². The third-order valence-electron chi connectivity index (χ3n) is 3.42. The largest absolute Gasteiger partial charge is 0.492 e. The molecule has 2 aromatic rings. The predicted octanol–water partition coefficient (Wildman–Crippen LogP) is 4.15. The van der Waals surface area contributed by atoms with Gasteiger partial charge in [-0.2, -0.15) is 0 Å². The molecule has 0 saturated carbocycles. The van der Waals surface area contributed by atoms with Crippen LogP contribution < -0.4 is 15.4 Å². The van der Waals surface area contributed by atoms with Crippen molar-refractivity contribution in [2.45, 2.75) is 33.3 Å². The average Bonchev–Trinajstić information content (AvgIpc) is 2.57. The number of aryl methyl sites for hydroxylation is 1. The van der Waals surface area contributed by atoms with Gasteiger partial charge >= 0.3 is 6.09 Å². The van der Waals surface area contributed by atoms with Gasteiger partial charge in [0.05, 0.1) is 6.54 Å². The summed E-state index contributed by atoms with van der Waals surface area (Å²) < 4.78 is 10.9. The third kappa shape index (κ3) is 7.40. The molecule has 2 rings (SSSR count). The molecule has 0 fully saturated rings. The zero-order chi connectivity index (χ0) is 19.9. The van der Waals surface area contributed by atoms with Crippen molar-refractivity contribution in [1.29, 1.82) is 0 Å². The summed E-state index contributed by atoms with van der Waals surface area (Å²) in [6.45, 7) is 8.04. The first-order valence-electron chi connectivity index (χ1n) is 8.81. The Balaban J connectivity index is 1.79. The Bertz CT molecular complexity index is 797. The number of nitrogens with one attached hydrogen (secondary N) is 2. The highest BCUT2D eigenvalue weighted by atomic mass is 16.6. The summed E-state index contributed by atoms with van der Waals surface area (Å²) in [5.74, 6) is 0.455. The van der Waals surface area contributed by atoms with E-state index in [2.05, 4.69) is 10.6 Å². The molecule has 6 nitrogen and oxygen atoms in total. The molecule has 0 saturated heterocycles. The summed E-state index contributed by atoms with van der Waals surface area (Å²) in [6, 6.07) is 14.4. The van der Waals surface area contributed by atoms with Crippen LogP contribution in [0.25, 0.3) is 0 Å². The van der Waals surface area contributed by atoms with Gasteiger partial charge in [-0.05, 0) is 52.0 Å². The molecule has 0 bridgehead atoms. The Morgan fingerprint density at radius 2 is 1.78 bits per heavy atom. The summed E-state index contributed by atoms with van der Waals surface area (Å²) in [4.78, 5) is 23.9. The molecule has 2 aromatic carbocycles. The molecule has 0 spiro atoms. The van der Waals surface area contributed by atoms with Crippen LogP contribution in [-0.2, 0) is 4.74 Å². The van der Waals surface area contributed by atoms with Gasteiger partial charge in [0, 0.05) is 17.3 Å². The first kappa shape index (κ1) is 20.3. The lowest BCUT2D eigenvalue weighted by molar-refractivity contribution is 0.0635. The summed E-state index contributed by atoms with van der Waals surface area (Å²) in [7, 11) is 0. The minimum Gasteiger partial charge on any atom is -0.492 e. The zero-order valence-electron chi connectivity index (χ0n) is 16.2. The molecule has 0 aromatic heterocycles. The number of carbonyl (C=O) groups is 2. The summed E-state index contributed by atoms with van der Waals surface area (Å²) >= 11 is 0. The molecule has 0 heterocycles. The smallest absolute Gasteiger partial charge is 0.412 e. The van der Waals surface area contributed by atoms with Crippen molar-refractivity contribution in [3.05, 3.63) is 59.7 Å². The first-order valence-corrected chi connectivity index (χ1v) is 8.81. The second-order valence-electron chi connectivity index (χ2n) is 7.13. The van der Waals surface area contributed by atoms with E-state index in [1.54, 1.807) is 51.1 Å². The van der Waals surface area contributed by atoms with Gasteiger partial charge in [-0.25, -0.2) is 4.79 Å². The van der Waals surface area contributed by atoms with E-state index in [1.165, 1.54) is 0 Å². The number of hydrogen-bond donors (Lipinski definition) is 2. The SMILES string of the molecule is Cc1cccc(C(=O)NCCOc2cccc(NC(=O)OC(C)(C)C)c2)c1. The molecule has 0 unspecified atom stereocenters. The second kappa shape index (κ2) is 9.07. The van der Waals surface area contributed by atoms with Gasteiger partial charge in [-0.3, -0.25) is 10.1 Å². The third-order valence-corrected chi connectivity index (χ3v) is 3.42. The number of rotatable bonds is 6. The number of hydrogen-bond acceptors (Lipinski definition) is 4. The van der Waals surface area contributed by atoms with Gasteiger partial charge < -0.3 is 14.8 Å². The number of ether oxygens (including phenoxy) is 2. The van der Waals surface area contributed by atoms with Crippen molar-refractivity contribution < 1.29 is 19.1 Å². The van der Waals surface area contributed by atoms with E-state index in [-0.39, 0.29) is 5.91 Å². The molecular formula is C21H26N2O4. The van der Waals surface area contributed by atoms with Crippen LogP contribution in [0.2, 0.25) is 0 Å². The second-order valence-corrected chi connectivity index (χ2v) is 7.13. The van der Waals surface area contributed by atoms with Gasteiger partial charge in [0.2, 0.25) is 0 Å². The first-order chi connectivity index (χ1) is 12.7. The minimum atomic E-state index is -0.562. The molecule has 0 aliphatic carbocycles. The van der Waals surface area contributed by atoms with Gasteiger partial charge in [-0.1, -0.05) is 23.8 Å². The maximum Gasteiger partial charge on any atom is 0.412 e. The van der Waals surface area contributed by atoms with Crippen LogP contribution >= 0.6 is 0 Å². The predicted molar refractivity (Wildman–Crippen MR) is 105 cm³/mol. The fourth-order valence-electron chi connectivity index (χ4n) is 2.31.